The van der Waals surface area contributed by atoms with Gasteiger partial charge in [0.25, 0.3) is 0 Å². The molecule has 0 radical (unpaired) electrons. The molecule has 0 spiro atoms. The van der Waals surface area contributed by atoms with E-state index in [0.29, 0.717) is 25.6 Å². The van der Waals surface area contributed by atoms with E-state index in [0.717, 1.165) is 19.3 Å². The maximum Gasteiger partial charge on any atom is 0.410 e. The topological polar surface area (TPSA) is 55.8 Å². The van der Waals surface area contributed by atoms with E-state index in [1.54, 1.807) is 4.90 Å². The number of nitrogens with zero attached hydrogens (tertiary/aromatic N) is 1. The van der Waals surface area contributed by atoms with Crippen LogP contribution in [0.5, 0.6) is 0 Å². The second-order valence-corrected chi connectivity index (χ2v) is 7.12. The number of ether oxygens (including phenoxy) is 2. The van der Waals surface area contributed by atoms with Crippen molar-refractivity contribution < 1.29 is 19.1 Å². The molecule has 0 N–H and O–H groups in total. The number of amides is 1. The molecule has 0 aromatic heterocycles. The van der Waals surface area contributed by atoms with Crippen LogP contribution >= 0.6 is 0 Å². The van der Waals surface area contributed by atoms with Crippen molar-refractivity contribution in [3.05, 3.63) is 0 Å². The highest BCUT2D eigenvalue weighted by molar-refractivity contribution is 5.75. The minimum atomic E-state index is -0.512. The predicted octanol–water partition coefficient (Wildman–Crippen LogP) is 3.22. The zero-order chi connectivity index (χ0) is 16.0. The van der Waals surface area contributed by atoms with E-state index in [1.807, 2.05) is 20.8 Å². The molecule has 1 atom stereocenters. The van der Waals surface area contributed by atoms with Crippen LogP contribution in [0.4, 0.5) is 4.79 Å². The number of hydrogen-bond acceptors (Lipinski definition) is 4. The average molecular weight is 299 g/mol. The van der Waals surface area contributed by atoms with Gasteiger partial charge in [-0.2, -0.15) is 0 Å². The Hall–Kier alpha value is -1.26. The van der Waals surface area contributed by atoms with Gasteiger partial charge in [0, 0.05) is 13.1 Å². The number of carbonyl (C=O) groups is 2. The highest BCUT2D eigenvalue weighted by Gasteiger charge is 2.31. The molecule has 0 aromatic rings. The summed E-state index contributed by atoms with van der Waals surface area (Å²) in [6.45, 7) is 11.2. The fourth-order valence-corrected chi connectivity index (χ4v) is 2.17. The number of hydrogen-bond donors (Lipinski definition) is 0. The lowest BCUT2D eigenvalue weighted by atomic mass is 9.98. The van der Waals surface area contributed by atoms with Crippen molar-refractivity contribution in [3.63, 3.8) is 0 Å². The van der Waals surface area contributed by atoms with Crippen LogP contribution in [0, 0.1) is 11.8 Å². The van der Waals surface area contributed by atoms with E-state index in [9.17, 15) is 9.59 Å². The average Bonchev–Trinajstić information content (AvgIpc) is 2.36. The molecule has 5 heteroatoms. The highest BCUT2D eigenvalue weighted by atomic mass is 16.6. The molecule has 1 aliphatic rings. The molecule has 1 heterocycles. The number of likely N-dealkylation sites (tertiary alicyclic amines) is 1. The van der Waals surface area contributed by atoms with Gasteiger partial charge in [0.15, 0.2) is 0 Å². The summed E-state index contributed by atoms with van der Waals surface area (Å²) >= 11 is 0. The van der Waals surface area contributed by atoms with Gasteiger partial charge in [0.1, 0.15) is 5.60 Å². The van der Waals surface area contributed by atoms with Crippen LogP contribution in [0.1, 0.15) is 53.9 Å². The van der Waals surface area contributed by atoms with E-state index < -0.39 is 5.60 Å². The Labute approximate surface area is 128 Å². The first kappa shape index (κ1) is 17.8. The van der Waals surface area contributed by atoms with Gasteiger partial charge in [-0.05, 0) is 46.0 Å². The van der Waals surface area contributed by atoms with Crippen LogP contribution in [-0.2, 0) is 14.3 Å². The Morgan fingerprint density at radius 2 is 1.95 bits per heavy atom. The minimum Gasteiger partial charge on any atom is -0.465 e. The zero-order valence-corrected chi connectivity index (χ0v) is 14.0. The summed E-state index contributed by atoms with van der Waals surface area (Å²) in [5.74, 6) is 0.102. The van der Waals surface area contributed by atoms with Gasteiger partial charge in [-0.25, -0.2) is 4.79 Å². The second-order valence-electron chi connectivity index (χ2n) is 7.12. The van der Waals surface area contributed by atoms with Crippen LogP contribution in [0.2, 0.25) is 0 Å². The summed E-state index contributed by atoms with van der Waals surface area (Å²) in [5, 5.41) is 0. The monoisotopic (exact) mass is 299 g/mol. The Balaban J connectivity index is 2.44. The van der Waals surface area contributed by atoms with Gasteiger partial charge in [-0.3, -0.25) is 4.79 Å². The molecule has 21 heavy (non-hydrogen) atoms. The molecular formula is C16H29NO4. The molecule has 1 aliphatic heterocycles. The van der Waals surface area contributed by atoms with E-state index in [2.05, 4.69) is 13.8 Å². The maximum absolute atomic E-state index is 12.0. The Bertz CT molecular complexity index is 360. The molecule has 1 amide bonds. The maximum atomic E-state index is 12.0. The van der Waals surface area contributed by atoms with Crippen LogP contribution in [0.25, 0.3) is 0 Å². The first-order valence-electron chi connectivity index (χ1n) is 7.83. The Morgan fingerprint density at radius 3 is 2.52 bits per heavy atom. The van der Waals surface area contributed by atoms with Gasteiger partial charge in [0.05, 0.1) is 12.5 Å². The summed E-state index contributed by atoms with van der Waals surface area (Å²) in [6, 6.07) is 0. The van der Waals surface area contributed by atoms with Crippen molar-refractivity contribution in [1.29, 1.82) is 0 Å². The highest BCUT2D eigenvalue weighted by Crippen LogP contribution is 2.20. The van der Waals surface area contributed by atoms with E-state index in [1.165, 1.54) is 0 Å². The fraction of sp³-hybridized carbons (Fsp3) is 0.875. The van der Waals surface area contributed by atoms with E-state index in [4.69, 9.17) is 9.47 Å². The van der Waals surface area contributed by atoms with Crippen LogP contribution in [0.3, 0.4) is 0 Å². The molecule has 1 fully saturated rings. The summed E-state index contributed by atoms with van der Waals surface area (Å²) in [5.41, 5.74) is -0.512. The smallest absolute Gasteiger partial charge is 0.410 e. The third kappa shape index (κ3) is 6.82. The fourth-order valence-electron chi connectivity index (χ4n) is 2.17. The van der Waals surface area contributed by atoms with Gasteiger partial charge in [0.2, 0.25) is 0 Å². The molecule has 5 nitrogen and oxygen atoms in total. The molecule has 0 bridgehead atoms. The molecule has 0 aromatic carbocycles. The predicted molar refractivity (Wildman–Crippen MR) is 80.9 cm³/mol. The number of piperidine rings is 1. The van der Waals surface area contributed by atoms with E-state index >= 15 is 0 Å². The first-order chi connectivity index (χ1) is 9.69. The Morgan fingerprint density at radius 1 is 1.29 bits per heavy atom. The summed E-state index contributed by atoms with van der Waals surface area (Å²) in [6.07, 6.45) is 2.11. The molecule has 0 aliphatic carbocycles. The summed E-state index contributed by atoms with van der Waals surface area (Å²) in [4.78, 5) is 25.7. The molecule has 0 saturated carbocycles. The van der Waals surface area contributed by atoms with Gasteiger partial charge in [-0.1, -0.05) is 13.8 Å². The van der Waals surface area contributed by atoms with Crippen molar-refractivity contribution in [2.45, 2.75) is 59.5 Å². The summed E-state index contributed by atoms with van der Waals surface area (Å²) in [7, 11) is 0. The largest absolute Gasteiger partial charge is 0.465 e. The number of rotatable bonds is 4. The quantitative estimate of drug-likeness (QED) is 0.748. The molecular weight excluding hydrogens is 270 g/mol. The third-order valence-electron chi connectivity index (χ3n) is 3.35. The minimum absolute atomic E-state index is 0.191. The lowest BCUT2D eigenvalue weighted by Crippen LogP contribution is -2.45. The van der Waals surface area contributed by atoms with Gasteiger partial charge < -0.3 is 14.4 Å². The van der Waals surface area contributed by atoms with Crippen LogP contribution in [-0.4, -0.2) is 42.3 Å². The normalized spacial score (nSPS) is 19.5. The van der Waals surface area contributed by atoms with Crippen LogP contribution < -0.4 is 0 Å². The Kier molecular flexibility index (Phi) is 6.49. The van der Waals surface area contributed by atoms with Gasteiger partial charge in [-0.15, -0.1) is 0 Å². The third-order valence-corrected chi connectivity index (χ3v) is 3.35. The van der Waals surface area contributed by atoms with Crippen molar-refractivity contribution in [1.82, 2.24) is 4.90 Å². The molecule has 122 valence electrons. The van der Waals surface area contributed by atoms with Crippen molar-refractivity contribution in [2.75, 3.05) is 19.7 Å². The van der Waals surface area contributed by atoms with Crippen molar-refractivity contribution in [3.8, 4) is 0 Å². The number of carbonyl (C=O) groups excluding carboxylic acids is 2. The van der Waals surface area contributed by atoms with Crippen molar-refractivity contribution >= 4 is 12.1 Å². The standard InChI is InChI=1S/C16H29NO4/c1-12(2)8-10-20-14(18)13-7-6-9-17(11-13)15(19)21-16(3,4)5/h12-13H,6-11H2,1-5H3. The van der Waals surface area contributed by atoms with Crippen molar-refractivity contribution in [2.24, 2.45) is 11.8 Å². The van der Waals surface area contributed by atoms with E-state index in [-0.39, 0.29) is 18.0 Å². The first-order valence-corrected chi connectivity index (χ1v) is 7.83. The van der Waals surface area contributed by atoms with Crippen LogP contribution in [0.15, 0.2) is 0 Å². The molecule has 1 saturated heterocycles. The molecule has 1 rings (SSSR count). The molecule has 1 unspecified atom stereocenters. The lowest BCUT2D eigenvalue weighted by Gasteiger charge is -2.33. The SMILES string of the molecule is CC(C)CCOC(=O)C1CCCN(C(=O)OC(C)(C)C)C1. The van der Waals surface area contributed by atoms with Gasteiger partial charge >= 0.3 is 12.1 Å². The lowest BCUT2D eigenvalue weighted by molar-refractivity contribution is -0.150. The summed E-state index contributed by atoms with van der Waals surface area (Å²) < 4.78 is 10.7. The second kappa shape index (κ2) is 7.66. The zero-order valence-electron chi connectivity index (χ0n) is 14.0. The number of esters is 1.